The van der Waals surface area contributed by atoms with E-state index in [1.807, 2.05) is 0 Å². The van der Waals surface area contributed by atoms with Crippen molar-refractivity contribution in [2.45, 2.75) is 31.3 Å². The van der Waals surface area contributed by atoms with E-state index in [4.69, 9.17) is 9.47 Å². The van der Waals surface area contributed by atoms with Crippen LogP contribution in [-0.2, 0) is 21.4 Å². The molecular formula is C20H25FN2O5S. The van der Waals surface area contributed by atoms with Crippen LogP contribution >= 0.6 is 0 Å². The van der Waals surface area contributed by atoms with Gasteiger partial charge in [-0.25, -0.2) is 12.8 Å². The molecule has 0 radical (unpaired) electrons. The Morgan fingerprint density at radius 3 is 2.31 bits per heavy atom. The number of hydrogen-bond donors (Lipinski definition) is 2. The SMILES string of the molecule is COc1ccc(CNC(=O)[C@@H](NS(=O)(=O)c2ccccc2F)C(C)C)cc1OC. The van der Waals surface area contributed by atoms with Crippen molar-refractivity contribution in [2.75, 3.05) is 14.2 Å². The fourth-order valence-corrected chi connectivity index (χ4v) is 4.10. The molecule has 0 fully saturated rings. The lowest BCUT2D eigenvalue weighted by Crippen LogP contribution is -2.49. The molecule has 0 aliphatic heterocycles. The van der Waals surface area contributed by atoms with Crippen LogP contribution in [0.4, 0.5) is 4.39 Å². The van der Waals surface area contributed by atoms with E-state index in [9.17, 15) is 17.6 Å². The summed E-state index contributed by atoms with van der Waals surface area (Å²) in [6.07, 6.45) is 0. The van der Waals surface area contributed by atoms with Crippen molar-refractivity contribution < 1.29 is 27.1 Å². The first-order valence-electron chi connectivity index (χ1n) is 8.95. The van der Waals surface area contributed by atoms with Crippen molar-refractivity contribution in [1.29, 1.82) is 0 Å². The molecule has 1 atom stereocenters. The molecule has 1 amide bonds. The van der Waals surface area contributed by atoms with Gasteiger partial charge in [-0.15, -0.1) is 0 Å². The van der Waals surface area contributed by atoms with E-state index in [-0.39, 0.29) is 12.5 Å². The lowest BCUT2D eigenvalue weighted by Gasteiger charge is -2.22. The Morgan fingerprint density at radius 1 is 1.07 bits per heavy atom. The number of methoxy groups -OCH3 is 2. The van der Waals surface area contributed by atoms with Gasteiger partial charge in [0.05, 0.1) is 14.2 Å². The average Bonchev–Trinajstić information content (AvgIpc) is 2.70. The van der Waals surface area contributed by atoms with Gasteiger partial charge in [0.15, 0.2) is 11.5 Å². The van der Waals surface area contributed by atoms with Crippen LogP contribution in [0.15, 0.2) is 47.4 Å². The molecule has 0 heterocycles. The molecule has 0 aliphatic carbocycles. The molecule has 158 valence electrons. The molecule has 0 bridgehead atoms. The third-order valence-corrected chi connectivity index (χ3v) is 5.75. The number of nitrogens with one attached hydrogen (secondary N) is 2. The molecule has 0 saturated carbocycles. The summed E-state index contributed by atoms with van der Waals surface area (Å²) in [5.41, 5.74) is 0.746. The number of carbonyl (C=O) groups excluding carboxylic acids is 1. The minimum Gasteiger partial charge on any atom is -0.493 e. The van der Waals surface area contributed by atoms with Crippen molar-refractivity contribution in [3.05, 3.63) is 53.8 Å². The Balaban J connectivity index is 2.13. The quantitative estimate of drug-likeness (QED) is 0.645. The van der Waals surface area contributed by atoms with Gasteiger partial charge in [-0.2, -0.15) is 4.72 Å². The highest BCUT2D eigenvalue weighted by Gasteiger charge is 2.29. The molecule has 0 aromatic heterocycles. The highest BCUT2D eigenvalue weighted by Crippen LogP contribution is 2.27. The molecule has 2 rings (SSSR count). The number of halogens is 1. The van der Waals surface area contributed by atoms with E-state index < -0.39 is 32.7 Å². The maximum absolute atomic E-state index is 13.9. The van der Waals surface area contributed by atoms with Crippen LogP contribution in [0, 0.1) is 11.7 Å². The van der Waals surface area contributed by atoms with Gasteiger partial charge >= 0.3 is 0 Å². The Hall–Kier alpha value is -2.65. The van der Waals surface area contributed by atoms with E-state index in [0.29, 0.717) is 11.5 Å². The van der Waals surface area contributed by atoms with Gasteiger partial charge in [0.25, 0.3) is 0 Å². The molecule has 7 nitrogen and oxygen atoms in total. The standard InChI is InChI=1S/C20H25FN2O5S/c1-13(2)19(23-29(25,26)18-8-6-5-7-15(18)21)20(24)22-12-14-9-10-16(27-3)17(11-14)28-4/h5-11,13,19,23H,12H2,1-4H3,(H,22,24)/t19-/m0/s1. The summed E-state index contributed by atoms with van der Waals surface area (Å²) >= 11 is 0. The second-order valence-corrected chi connectivity index (χ2v) is 8.36. The number of rotatable bonds is 9. The number of carbonyl (C=O) groups is 1. The average molecular weight is 424 g/mol. The topological polar surface area (TPSA) is 93.7 Å². The number of sulfonamides is 1. The molecule has 29 heavy (non-hydrogen) atoms. The third kappa shape index (κ3) is 5.68. The van der Waals surface area contributed by atoms with Crippen molar-refractivity contribution in [1.82, 2.24) is 10.0 Å². The second-order valence-electron chi connectivity index (χ2n) is 6.68. The van der Waals surface area contributed by atoms with Crippen LogP contribution in [0.5, 0.6) is 11.5 Å². The smallest absolute Gasteiger partial charge is 0.244 e. The highest BCUT2D eigenvalue weighted by atomic mass is 32.2. The number of benzene rings is 2. The molecule has 2 aromatic rings. The zero-order chi connectivity index (χ0) is 21.6. The third-order valence-electron chi connectivity index (χ3n) is 4.27. The number of ether oxygens (including phenoxy) is 2. The first-order chi connectivity index (χ1) is 13.7. The fourth-order valence-electron chi connectivity index (χ4n) is 2.68. The summed E-state index contributed by atoms with van der Waals surface area (Å²) in [5.74, 6) is -0.690. The maximum atomic E-state index is 13.9. The Labute approximate surface area is 170 Å². The van der Waals surface area contributed by atoms with E-state index >= 15 is 0 Å². The van der Waals surface area contributed by atoms with Gasteiger partial charge in [-0.1, -0.05) is 32.0 Å². The lowest BCUT2D eigenvalue weighted by molar-refractivity contribution is -0.123. The number of hydrogen-bond acceptors (Lipinski definition) is 5. The van der Waals surface area contributed by atoms with Crippen LogP contribution in [0.25, 0.3) is 0 Å². The van der Waals surface area contributed by atoms with Crippen LogP contribution in [0.2, 0.25) is 0 Å². The molecule has 0 unspecified atom stereocenters. The Morgan fingerprint density at radius 2 is 1.72 bits per heavy atom. The van der Waals surface area contributed by atoms with Crippen molar-refractivity contribution in [2.24, 2.45) is 5.92 Å². The first-order valence-corrected chi connectivity index (χ1v) is 10.4. The van der Waals surface area contributed by atoms with Gasteiger partial charge in [0, 0.05) is 6.54 Å². The predicted octanol–water partition coefficient (Wildman–Crippen LogP) is 2.46. The summed E-state index contributed by atoms with van der Waals surface area (Å²) in [6, 6.07) is 9.12. The molecule has 2 aromatic carbocycles. The normalized spacial score (nSPS) is 12.5. The summed E-state index contributed by atoms with van der Waals surface area (Å²) in [5, 5.41) is 2.70. The summed E-state index contributed by atoms with van der Waals surface area (Å²) in [6.45, 7) is 3.55. The van der Waals surface area contributed by atoms with E-state index in [1.54, 1.807) is 32.0 Å². The zero-order valence-electron chi connectivity index (χ0n) is 16.7. The fraction of sp³-hybridized carbons (Fsp3) is 0.350. The second kappa shape index (κ2) is 9.71. The maximum Gasteiger partial charge on any atom is 0.244 e. The molecule has 0 saturated heterocycles. The lowest BCUT2D eigenvalue weighted by atomic mass is 10.0. The minimum atomic E-state index is -4.21. The molecule has 0 spiro atoms. The van der Waals surface area contributed by atoms with Gasteiger partial charge < -0.3 is 14.8 Å². The predicted molar refractivity (Wildman–Crippen MR) is 107 cm³/mol. The van der Waals surface area contributed by atoms with Crippen LogP contribution in [0.3, 0.4) is 0 Å². The molecule has 2 N–H and O–H groups in total. The van der Waals surface area contributed by atoms with Gasteiger partial charge in [-0.3, -0.25) is 4.79 Å². The van der Waals surface area contributed by atoms with Crippen molar-refractivity contribution in [3.8, 4) is 11.5 Å². The van der Waals surface area contributed by atoms with E-state index in [1.165, 1.54) is 26.4 Å². The van der Waals surface area contributed by atoms with Crippen molar-refractivity contribution in [3.63, 3.8) is 0 Å². The van der Waals surface area contributed by atoms with Crippen LogP contribution in [-0.4, -0.2) is 34.6 Å². The zero-order valence-corrected chi connectivity index (χ0v) is 17.5. The van der Waals surface area contributed by atoms with Gasteiger partial charge in [-0.05, 0) is 35.7 Å². The Bertz CT molecular complexity index is 963. The monoisotopic (exact) mass is 424 g/mol. The first kappa shape index (κ1) is 22.6. The Kier molecular flexibility index (Phi) is 7.58. The molecule has 0 aliphatic rings. The number of amides is 1. The van der Waals surface area contributed by atoms with E-state index in [2.05, 4.69) is 10.0 Å². The molecular weight excluding hydrogens is 399 g/mol. The molecule has 9 heteroatoms. The highest BCUT2D eigenvalue weighted by molar-refractivity contribution is 7.89. The van der Waals surface area contributed by atoms with Crippen LogP contribution < -0.4 is 19.5 Å². The van der Waals surface area contributed by atoms with Gasteiger partial charge in [0.2, 0.25) is 15.9 Å². The summed E-state index contributed by atoms with van der Waals surface area (Å²) in [7, 11) is -1.18. The van der Waals surface area contributed by atoms with Crippen molar-refractivity contribution >= 4 is 15.9 Å². The van der Waals surface area contributed by atoms with E-state index in [0.717, 1.165) is 17.7 Å². The summed E-state index contributed by atoms with van der Waals surface area (Å²) in [4.78, 5) is 12.1. The van der Waals surface area contributed by atoms with Gasteiger partial charge in [0.1, 0.15) is 16.8 Å². The largest absolute Gasteiger partial charge is 0.493 e. The van der Waals surface area contributed by atoms with Crippen LogP contribution in [0.1, 0.15) is 19.4 Å². The summed E-state index contributed by atoms with van der Waals surface area (Å²) < 4.78 is 51.7. The minimum absolute atomic E-state index is 0.157.